The number of anilines is 3. The van der Waals surface area contributed by atoms with E-state index in [1.54, 1.807) is 0 Å². The molecule has 0 saturated carbocycles. The highest BCUT2D eigenvalue weighted by molar-refractivity contribution is 6.14. The SMILES string of the molecule is c1ccc(-c2ccc(-c3cc4ccccc4c4ccccc34)cc2N(c2ccc(-c3ccc(-c4cccc5ccccc45)cc3)cc2)c2ccc3oc4ccccc4c3c2)cc1. The number of para-hydroxylation sites is 1. The average Bonchev–Trinajstić information content (AvgIpc) is 3.72. The van der Waals surface area contributed by atoms with Gasteiger partial charge < -0.3 is 9.32 Å². The summed E-state index contributed by atoms with van der Waals surface area (Å²) >= 11 is 0. The molecular formula is C60H39NO. The number of hydrogen-bond acceptors (Lipinski definition) is 2. The highest BCUT2D eigenvalue weighted by Crippen LogP contribution is 2.46. The van der Waals surface area contributed by atoms with Crippen LogP contribution in [0.15, 0.2) is 241 Å². The van der Waals surface area contributed by atoms with Gasteiger partial charge in [0.2, 0.25) is 0 Å². The quantitative estimate of drug-likeness (QED) is 0.150. The minimum atomic E-state index is 0.872. The predicted octanol–water partition coefficient (Wildman–Crippen LogP) is 17.2. The first-order valence-electron chi connectivity index (χ1n) is 21.2. The van der Waals surface area contributed by atoms with Crippen LogP contribution >= 0.6 is 0 Å². The second kappa shape index (κ2) is 14.8. The van der Waals surface area contributed by atoms with Gasteiger partial charge in [0.05, 0.1) is 5.69 Å². The van der Waals surface area contributed by atoms with Crippen LogP contribution in [0.2, 0.25) is 0 Å². The number of hydrogen-bond donors (Lipinski definition) is 0. The summed E-state index contributed by atoms with van der Waals surface area (Å²) in [5.74, 6) is 0. The van der Waals surface area contributed by atoms with E-state index in [4.69, 9.17) is 4.42 Å². The van der Waals surface area contributed by atoms with Gasteiger partial charge >= 0.3 is 0 Å². The van der Waals surface area contributed by atoms with Crippen LogP contribution < -0.4 is 4.90 Å². The maximum atomic E-state index is 6.35. The summed E-state index contributed by atoms with van der Waals surface area (Å²) in [6, 6.07) is 85.6. The molecule has 290 valence electrons. The number of nitrogens with zero attached hydrogens (tertiary/aromatic N) is 1. The first-order valence-corrected chi connectivity index (χ1v) is 21.2. The molecule has 11 aromatic carbocycles. The molecule has 0 aliphatic heterocycles. The van der Waals surface area contributed by atoms with Gasteiger partial charge in [0.15, 0.2) is 0 Å². The van der Waals surface area contributed by atoms with E-state index in [2.05, 4.69) is 229 Å². The van der Waals surface area contributed by atoms with Crippen molar-refractivity contribution >= 4 is 71.3 Å². The van der Waals surface area contributed by atoms with Gasteiger partial charge in [-0.1, -0.05) is 188 Å². The van der Waals surface area contributed by atoms with Crippen molar-refractivity contribution in [1.82, 2.24) is 0 Å². The predicted molar refractivity (Wildman–Crippen MR) is 263 cm³/mol. The number of rotatable bonds is 7. The summed E-state index contributed by atoms with van der Waals surface area (Å²) in [5.41, 5.74) is 14.4. The second-order valence-electron chi connectivity index (χ2n) is 16.1. The van der Waals surface area contributed by atoms with E-state index in [0.29, 0.717) is 0 Å². The van der Waals surface area contributed by atoms with Gasteiger partial charge in [-0.15, -0.1) is 0 Å². The summed E-state index contributed by atoms with van der Waals surface area (Å²) in [4.78, 5) is 2.42. The smallest absolute Gasteiger partial charge is 0.135 e. The van der Waals surface area contributed by atoms with Gasteiger partial charge in [-0.3, -0.25) is 0 Å². The lowest BCUT2D eigenvalue weighted by Gasteiger charge is -2.29. The van der Waals surface area contributed by atoms with Crippen molar-refractivity contribution in [1.29, 1.82) is 0 Å². The Labute approximate surface area is 360 Å². The first-order chi connectivity index (χ1) is 30.7. The number of benzene rings is 11. The van der Waals surface area contributed by atoms with Crippen LogP contribution in [-0.2, 0) is 0 Å². The summed E-state index contributed by atoms with van der Waals surface area (Å²) < 4.78 is 6.35. The average molecular weight is 790 g/mol. The van der Waals surface area contributed by atoms with Crippen LogP contribution in [0.3, 0.4) is 0 Å². The Bertz CT molecular complexity index is 3610. The fraction of sp³-hybridized carbons (Fsp3) is 0. The lowest BCUT2D eigenvalue weighted by Crippen LogP contribution is -2.11. The molecule has 12 rings (SSSR count). The zero-order valence-electron chi connectivity index (χ0n) is 33.9. The summed E-state index contributed by atoms with van der Waals surface area (Å²) in [6.07, 6.45) is 0. The highest BCUT2D eigenvalue weighted by Gasteiger charge is 2.21. The van der Waals surface area contributed by atoms with E-state index in [1.807, 2.05) is 12.1 Å². The minimum absolute atomic E-state index is 0.872. The van der Waals surface area contributed by atoms with Gasteiger partial charge in [0.1, 0.15) is 11.2 Å². The molecule has 0 unspecified atom stereocenters. The normalized spacial score (nSPS) is 11.5. The molecule has 2 nitrogen and oxygen atoms in total. The summed E-state index contributed by atoms with van der Waals surface area (Å²) in [6.45, 7) is 0. The van der Waals surface area contributed by atoms with Crippen molar-refractivity contribution in [2.45, 2.75) is 0 Å². The van der Waals surface area contributed by atoms with Crippen molar-refractivity contribution in [3.05, 3.63) is 237 Å². The molecule has 1 aromatic heterocycles. The van der Waals surface area contributed by atoms with Crippen molar-refractivity contribution in [2.24, 2.45) is 0 Å². The third-order valence-electron chi connectivity index (χ3n) is 12.5. The monoisotopic (exact) mass is 789 g/mol. The zero-order valence-corrected chi connectivity index (χ0v) is 33.9. The fourth-order valence-electron chi connectivity index (χ4n) is 9.44. The molecule has 1 heterocycles. The largest absolute Gasteiger partial charge is 0.456 e. The molecule has 0 spiro atoms. The van der Waals surface area contributed by atoms with Gasteiger partial charge in [-0.25, -0.2) is 0 Å². The molecule has 62 heavy (non-hydrogen) atoms. The molecule has 0 aliphatic carbocycles. The van der Waals surface area contributed by atoms with Crippen LogP contribution in [0.5, 0.6) is 0 Å². The molecule has 2 heteroatoms. The van der Waals surface area contributed by atoms with Crippen molar-refractivity contribution in [3.8, 4) is 44.5 Å². The van der Waals surface area contributed by atoms with Crippen LogP contribution in [-0.4, -0.2) is 0 Å². The van der Waals surface area contributed by atoms with Crippen LogP contribution in [0.1, 0.15) is 0 Å². The Morgan fingerprint density at radius 2 is 0.823 bits per heavy atom. The Morgan fingerprint density at radius 1 is 0.258 bits per heavy atom. The Balaban J connectivity index is 1.04. The Kier molecular flexibility index (Phi) is 8.53. The van der Waals surface area contributed by atoms with E-state index < -0.39 is 0 Å². The molecule has 0 N–H and O–H groups in total. The molecule has 0 amide bonds. The van der Waals surface area contributed by atoms with Crippen LogP contribution in [0.25, 0.3) is 98.8 Å². The second-order valence-corrected chi connectivity index (χ2v) is 16.1. The molecule has 0 saturated heterocycles. The summed E-state index contributed by atoms with van der Waals surface area (Å²) in [7, 11) is 0. The molecular weight excluding hydrogens is 751 g/mol. The van der Waals surface area contributed by atoms with Crippen LogP contribution in [0, 0.1) is 0 Å². The van der Waals surface area contributed by atoms with Crippen molar-refractivity contribution in [2.75, 3.05) is 4.90 Å². The molecule has 0 aliphatic rings. The van der Waals surface area contributed by atoms with E-state index in [9.17, 15) is 0 Å². The zero-order chi connectivity index (χ0) is 41.0. The third-order valence-corrected chi connectivity index (χ3v) is 12.5. The summed E-state index contributed by atoms with van der Waals surface area (Å²) in [5, 5.41) is 9.68. The highest BCUT2D eigenvalue weighted by atomic mass is 16.3. The molecule has 0 bridgehead atoms. The Morgan fingerprint density at radius 3 is 1.63 bits per heavy atom. The maximum absolute atomic E-state index is 6.35. The lowest BCUT2D eigenvalue weighted by molar-refractivity contribution is 0.669. The first kappa shape index (κ1) is 35.7. The topological polar surface area (TPSA) is 16.4 Å². The van der Waals surface area contributed by atoms with E-state index >= 15 is 0 Å². The van der Waals surface area contributed by atoms with E-state index in [1.165, 1.54) is 54.6 Å². The van der Waals surface area contributed by atoms with Gasteiger partial charge in [-0.05, 0) is 120 Å². The van der Waals surface area contributed by atoms with Crippen LogP contribution in [0.4, 0.5) is 17.1 Å². The van der Waals surface area contributed by atoms with E-state index in [-0.39, 0.29) is 0 Å². The number of furan rings is 1. The molecule has 0 atom stereocenters. The third kappa shape index (κ3) is 6.12. The minimum Gasteiger partial charge on any atom is -0.456 e. The van der Waals surface area contributed by atoms with Gasteiger partial charge in [0, 0.05) is 27.7 Å². The standard InChI is InChI=1S/C60H39NO/c1-2-13-43(14-3-1)52-35-31-46(56-37-45-16-5-7-19-51(45)53-20-8-9-21-54(53)56)38-58(52)61(48-34-36-60-57(39-48)55-22-10-11-24-59(55)62-60)47-32-29-41(30-33-47)40-25-27-44(28-26-40)50-23-12-17-42-15-4-6-18-49(42)50/h1-39H. The fourth-order valence-corrected chi connectivity index (χ4v) is 9.44. The van der Waals surface area contributed by atoms with E-state index in [0.717, 1.165) is 61.3 Å². The number of fused-ring (bicyclic) bond motifs is 7. The molecule has 0 radical (unpaired) electrons. The van der Waals surface area contributed by atoms with Gasteiger partial charge in [0.25, 0.3) is 0 Å². The maximum Gasteiger partial charge on any atom is 0.135 e. The molecule has 12 aromatic rings. The Hall–Kier alpha value is -8.20. The van der Waals surface area contributed by atoms with Gasteiger partial charge in [-0.2, -0.15) is 0 Å². The lowest BCUT2D eigenvalue weighted by atomic mass is 9.91. The van der Waals surface area contributed by atoms with Crippen molar-refractivity contribution < 1.29 is 4.42 Å². The van der Waals surface area contributed by atoms with Crippen molar-refractivity contribution in [3.63, 3.8) is 0 Å². The molecule has 0 fully saturated rings.